The molecule has 0 bridgehead atoms. The lowest BCUT2D eigenvalue weighted by Crippen LogP contribution is -2.71. The van der Waals surface area contributed by atoms with Crippen molar-refractivity contribution in [2.45, 2.75) is 44.6 Å². The highest BCUT2D eigenvalue weighted by Gasteiger charge is 2.55. The number of rotatable bonds is 11. The van der Waals surface area contributed by atoms with Crippen molar-refractivity contribution in [3.05, 3.63) is 35.8 Å². The maximum absolute atomic E-state index is 13.2. The number of hydrogen-bond acceptors (Lipinski definition) is 10. The van der Waals surface area contributed by atoms with Gasteiger partial charge in [-0.25, -0.2) is 9.59 Å². The van der Waals surface area contributed by atoms with Crippen molar-refractivity contribution in [3.63, 3.8) is 0 Å². The zero-order chi connectivity index (χ0) is 28.0. The second-order valence-electron chi connectivity index (χ2n) is 8.42. The smallest absolute Gasteiger partial charge is 0.356 e. The van der Waals surface area contributed by atoms with E-state index in [4.69, 9.17) is 14.2 Å². The highest BCUT2D eigenvalue weighted by atomic mass is 32.2. The van der Waals surface area contributed by atoms with Crippen molar-refractivity contribution in [2.24, 2.45) is 0 Å². The van der Waals surface area contributed by atoms with Crippen molar-refractivity contribution in [1.82, 2.24) is 19.7 Å². The fourth-order valence-electron chi connectivity index (χ4n) is 3.87. The lowest BCUT2D eigenvalue weighted by Gasteiger charge is -2.49. The van der Waals surface area contributed by atoms with Crippen LogP contribution in [0.25, 0.3) is 0 Å². The summed E-state index contributed by atoms with van der Waals surface area (Å²) in [7, 11) is 1.47. The molecule has 13 nitrogen and oxygen atoms in total. The molecular formula is C24H30N4O9S. The lowest BCUT2D eigenvalue weighted by molar-refractivity contribution is -0.158. The Hall–Kier alpha value is -3.81. The number of aromatic nitrogens is 1. The SMILES string of the molecule is CCOC(=O)C(C(=O)NC1C(=O)N2C(C(=O)OCN(C)C(=O)CC)=C(COC(C)=O)CSC12)n1cccc1. The van der Waals surface area contributed by atoms with Crippen LogP contribution in [0.1, 0.15) is 33.2 Å². The average molecular weight is 551 g/mol. The largest absolute Gasteiger partial charge is 0.464 e. The molecule has 2 aliphatic heterocycles. The summed E-state index contributed by atoms with van der Waals surface area (Å²) in [6.07, 6.45) is 3.28. The van der Waals surface area contributed by atoms with E-state index in [1.54, 1.807) is 26.0 Å². The Morgan fingerprint density at radius 3 is 2.42 bits per heavy atom. The van der Waals surface area contributed by atoms with Gasteiger partial charge in [0.1, 0.15) is 23.7 Å². The van der Waals surface area contributed by atoms with Crippen LogP contribution in [0.5, 0.6) is 0 Å². The molecule has 3 unspecified atom stereocenters. The molecule has 0 aliphatic carbocycles. The normalized spacial score (nSPS) is 19.1. The molecule has 1 fully saturated rings. The van der Waals surface area contributed by atoms with Crippen molar-refractivity contribution < 1.29 is 43.0 Å². The van der Waals surface area contributed by atoms with E-state index < -0.39 is 47.2 Å². The molecule has 14 heteroatoms. The molecule has 3 heterocycles. The predicted molar refractivity (Wildman–Crippen MR) is 133 cm³/mol. The van der Waals surface area contributed by atoms with Gasteiger partial charge in [-0.05, 0) is 19.1 Å². The van der Waals surface area contributed by atoms with E-state index in [9.17, 15) is 28.8 Å². The van der Waals surface area contributed by atoms with Gasteiger partial charge in [0.15, 0.2) is 6.73 Å². The minimum absolute atomic E-state index is 0.0684. The number of carbonyl (C=O) groups is 6. The van der Waals surface area contributed by atoms with Gasteiger partial charge in [0.25, 0.3) is 11.8 Å². The number of esters is 3. The molecule has 206 valence electrons. The number of nitrogens with zero attached hydrogens (tertiary/aromatic N) is 3. The third-order valence-corrected chi connectivity index (χ3v) is 7.13. The lowest BCUT2D eigenvalue weighted by atomic mass is 10.0. The van der Waals surface area contributed by atoms with Crippen LogP contribution in [0.3, 0.4) is 0 Å². The van der Waals surface area contributed by atoms with Gasteiger partial charge in [-0.15, -0.1) is 11.8 Å². The number of ether oxygens (including phenoxy) is 3. The fourth-order valence-corrected chi connectivity index (χ4v) is 5.20. The summed E-state index contributed by atoms with van der Waals surface area (Å²) >= 11 is 1.25. The molecule has 3 rings (SSSR count). The first-order valence-corrected chi connectivity index (χ1v) is 13.0. The van der Waals surface area contributed by atoms with Crippen LogP contribution in [-0.4, -0.2) is 94.2 Å². The van der Waals surface area contributed by atoms with Gasteiger partial charge in [-0.3, -0.25) is 24.1 Å². The Labute approximate surface area is 223 Å². The molecule has 0 radical (unpaired) electrons. The summed E-state index contributed by atoms with van der Waals surface area (Å²) in [5.74, 6) is -3.59. The third-order valence-electron chi connectivity index (χ3n) is 5.79. The Morgan fingerprint density at radius 1 is 1.13 bits per heavy atom. The number of β-lactam (4-membered cyclic amide) rings is 1. The fraction of sp³-hybridized carbons (Fsp3) is 0.500. The maximum atomic E-state index is 13.2. The number of thioether (sulfide) groups is 1. The number of fused-ring (bicyclic) bond motifs is 1. The summed E-state index contributed by atoms with van der Waals surface area (Å²) < 4.78 is 16.7. The third kappa shape index (κ3) is 6.18. The number of amides is 3. The number of carbonyl (C=O) groups excluding carboxylic acids is 6. The molecule has 3 amide bonds. The van der Waals surface area contributed by atoms with Crippen LogP contribution < -0.4 is 5.32 Å². The first kappa shape index (κ1) is 28.8. The van der Waals surface area contributed by atoms with E-state index in [-0.39, 0.29) is 43.7 Å². The quantitative estimate of drug-likeness (QED) is 0.133. The number of hydrogen-bond donors (Lipinski definition) is 1. The summed E-state index contributed by atoms with van der Waals surface area (Å²) in [5, 5.41) is 1.94. The molecule has 3 atom stereocenters. The van der Waals surface area contributed by atoms with Gasteiger partial charge in [0.05, 0.1) is 6.61 Å². The van der Waals surface area contributed by atoms with E-state index in [1.165, 1.54) is 52.5 Å². The minimum Gasteiger partial charge on any atom is -0.464 e. The standard InChI is InChI=1S/C24H30N4O9S/c1-5-16(30)26(4)13-37-23(33)18-15(11-36-14(3)29)12-38-22-17(21(32)28(18)22)25-20(31)19(24(34)35-6-2)27-9-7-8-10-27/h7-10,17,19,22H,5-6,11-13H2,1-4H3,(H,25,31). The van der Waals surface area contributed by atoms with E-state index in [0.717, 1.165) is 0 Å². The molecule has 0 saturated carbocycles. The molecule has 1 aromatic heterocycles. The highest BCUT2D eigenvalue weighted by molar-refractivity contribution is 8.00. The van der Waals surface area contributed by atoms with E-state index in [2.05, 4.69) is 5.32 Å². The van der Waals surface area contributed by atoms with E-state index >= 15 is 0 Å². The zero-order valence-electron chi connectivity index (χ0n) is 21.5. The van der Waals surface area contributed by atoms with Crippen LogP contribution in [0.4, 0.5) is 0 Å². The highest BCUT2D eigenvalue weighted by Crippen LogP contribution is 2.41. The Balaban J connectivity index is 1.79. The Kier molecular flexibility index (Phi) is 9.55. The van der Waals surface area contributed by atoms with Gasteiger partial charge in [0, 0.05) is 44.1 Å². The van der Waals surface area contributed by atoms with Gasteiger partial charge in [-0.2, -0.15) is 0 Å². The van der Waals surface area contributed by atoms with Crippen LogP contribution in [-0.2, 0) is 43.0 Å². The second-order valence-corrected chi connectivity index (χ2v) is 9.52. The predicted octanol–water partition coefficient (Wildman–Crippen LogP) is 0.179. The van der Waals surface area contributed by atoms with Gasteiger partial charge in [0.2, 0.25) is 11.9 Å². The zero-order valence-corrected chi connectivity index (χ0v) is 22.3. The van der Waals surface area contributed by atoms with E-state index in [1.807, 2.05) is 0 Å². The Bertz CT molecular complexity index is 1130. The second kappa shape index (κ2) is 12.6. The molecule has 1 aromatic rings. The summed E-state index contributed by atoms with van der Waals surface area (Å²) in [6, 6.07) is 0.922. The van der Waals surface area contributed by atoms with Gasteiger partial charge in [-0.1, -0.05) is 6.92 Å². The van der Waals surface area contributed by atoms with Crippen LogP contribution in [0, 0.1) is 0 Å². The molecule has 38 heavy (non-hydrogen) atoms. The summed E-state index contributed by atoms with van der Waals surface area (Å²) in [4.78, 5) is 77.4. The number of nitrogens with one attached hydrogen (secondary N) is 1. The first-order chi connectivity index (χ1) is 18.1. The average Bonchev–Trinajstić information content (AvgIpc) is 3.42. The first-order valence-electron chi connectivity index (χ1n) is 11.9. The molecule has 1 saturated heterocycles. The monoisotopic (exact) mass is 550 g/mol. The minimum atomic E-state index is -1.34. The van der Waals surface area contributed by atoms with Crippen molar-refractivity contribution >= 4 is 47.4 Å². The van der Waals surface area contributed by atoms with Gasteiger partial charge < -0.3 is 29.0 Å². The summed E-state index contributed by atoms with van der Waals surface area (Å²) in [6.45, 7) is 3.99. The molecule has 2 aliphatic rings. The molecule has 0 spiro atoms. The van der Waals surface area contributed by atoms with E-state index in [0.29, 0.717) is 5.57 Å². The van der Waals surface area contributed by atoms with Crippen LogP contribution in [0.2, 0.25) is 0 Å². The van der Waals surface area contributed by atoms with Crippen molar-refractivity contribution in [2.75, 3.05) is 32.7 Å². The van der Waals surface area contributed by atoms with Crippen molar-refractivity contribution in [1.29, 1.82) is 0 Å². The topological polar surface area (TPSA) is 154 Å². The van der Waals surface area contributed by atoms with Crippen LogP contribution >= 0.6 is 11.8 Å². The Morgan fingerprint density at radius 2 is 1.82 bits per heavy atom. The molecule has 1 N–H and O–H groups in total. The van der Waals surface area contributed by atoms with Crippen LogP contribution in [0.15, 0.2) is 35.8 Å². The van der Waals surface area contributed by atoms with Gasteiger partial charge >= 0.3 is 17.9 Å². The van der Waals surface area contributed by atoms with Crippen molar-refractivity contribution in [3.8, 4) is 0 Å². The maximum Gasteiger partial charge on any atom is 0.356 e. The molecule has 0 aromatic carbocycles. The molecular weight excluding hydrogens is 520 g/mol. The summed E-state index contributed by atoms with van der Waals surface area (Å²) in [5.41, 5.74) is 0.251.